The number of aromatic nitrogens is 2. The van der Waals surface area contributed by atoms with Crippen LogP contribution in [0.2, 0.25) is 0 Å². The van der Waals surface area contributed by atoms with Crippen LogP contribution in [0.1, 0.15) is 34.3 Å². The number of thiophene rings is 1. The van der Waals surface area contributed by atoms with Gasteiger partial charge in [-0.25, -0.2) is 4.98 Å². The Morgan fingerprint density at radius 3 is 2.71 bits per heavy atom. The van der Waals surface area contributed by atoms with Crippen molar-refractivity contribution in [3.63, 3.8) is 0 Å². The van der Waals surface area contributed by atoms with Gasteiger partial charge in [-0.2, -0.15) is 0 Å². The van der Waals surface area contributed by atoms with Crippen LogP contribution >= 0.6 is 11.3 Å². The van der Waals surface area contributed by atoms with Gasteiger partial charge in [0, 0.05) is 24.3 Å². The van der Waals surface area contributed by atoms with Crippen LogP contribution in [0.25, 0.3) is 10.9 Å². The second-order valence-electron chi connectivity index (χ2n) is 8.19. The number of carbonyl (C=O) groups is 1. The van der Waals surface area contributed by atoms with Crippen LogP contribution in [-0.4, -0.2) is 41.5 Å². The lowest BCUT2D eigenvalue weighted by Gasteiger charge is -2.37. The monoisotopic (exact) mass is 475 g/mol. The predicted molar refractivity (Wildman–Crippen MR) is 132 cm³/mol. The number of aryl methyl sites for hydroxylation is 1. The number of nitrogens with zero attached hydrogens (tertiary/aromatic N) is 2. The molecule has 1 aliphatic rings. The van der Waals surface area contributed by atoms with E-state index in [1.165, 1.54) is 0 Å². The molecule has 0 spiro atoms. The molecule has 7 nitrogen and oxygen atoms in total. The summed E-state index contributed by atoms with van der Waals surface area (Å²) in [7, 11) is 3.25. The highest BCUT2D eigenvalue weighted by Gasteiger charge is 2.33. The zero-order valence-electron chi connectivity index (χ0n) is 19.0. The normalized spacial score (nSPS) is 15.2. The number of H-pyrrole nitrogens is 1. The Bertz CT molecular complexity index is 1400. The second kappa shape index (κ2) is 9.30. The van der Waals surface area contributed by atoms with Gasteiger partial charge in [0.15, 0.2) is 11.5 Å². The van der Waals surface area contributed by atoms with Crippen molar-refractivity contribution in [2.24, 2.45) is 0 Å². The highest BCUT2D eigenvalue weighted by atomic mass is 32.1. The lowest BCUT2D eigenvalue weighted by molar-refractivity contribution is -0.133. The maximum absolute atomic E-state index is 13.5. The van der Waals surface area contributed by atoms with Gasteiger partial charge in [0.1, 0.15) is 5.82 Å². The van der Waals surface area contributed by atoms with E-state index >= 15 is 0 Å². The summed E-state index contributed by atoms with van der Waals surface area (Å²) in [5.74, 6) is 1.88. The molecule has 8 heteroatoms. The summed E-state index contributed by atoms with van der Waals surface area (Å²) < 4.78 is 11.0. The molecule has 0 saturated heterocycles. The van der Waals surface area contributed by atoms with Crippen LogP contribution in [-0.2, 0) is 17.6 Å². The highest BCUT2D eigenvalue weighted by molar-refractivity contribution is 7.10. The van der Waals surface area contributed by atoms with E-state index in [1.54, 1.807) is 31.6 Å². The number of ether oxygens (including phenoxy) is 2. The largest absolute Gasteiger partial charge is 0.493 e. The van der Waals surface area contributed by atoms with E-state index in [0.717, 1.165) is 22.4 Å². The molecule has 0 saturated carbocycles. The molecule has 3 heterocycles. The topological polar surface area (TPSA) is 84.5 Å². The average Bonchev–Trinajstić information content (AvgIpc) is 3.40. The minimum absolute atomic E-state index is 0.0228. The minimum atomic E-state index is -0.195. The molecule has 4 aromatic rings. The molecule has 0 aliphatic carbocycles. The molecule has 1 aliphatic heterocycles. The quantitative estimate of drug-likeness (QED) is 0.454. The van der Waals surface area contributed by atoms with Gasteiger partial charge in [-0.1, -0.05) is 18.2 Å². The summed E-state index contributed by atoms with van der Waals surface area (Å²) >= 11 is 1.63. The van der Waals surface area contributed by atoms with Crippen LogP contribution in [0.5, 0.6) is 11.5 Å². The standard InChI is InChI=1S/C26H25N3O4S/c1-32-20-14-16-11-12-29(25(22-8-5-13-34-22)18(16)15-21(20)33-2)24(30)10-9-23-27-19-7-4-3-6-17(19)26(31)28-23/h3-8,13-15,25H,9-12H2,1-2H3,(H,27,28,31)/t25-/m0/s1. The number of amides is 1. The van der Waals surface area contributed by atoms with Crippen molar-refractivity contribution in [1.82, 2.24) is 14.9 Å². The van der Waals surface area contributed by atoms with Gasteiger partial charge in [-0.05, 0) is 53.3 Å². The minimum Gasteiger partial charge on any atom is -0.493 e. The van der Waals surface area contributed by atoms with Crippen molar-refractivity contribution in [1.29, 1.82) is 0 Å². The van der Waals surface area contributed by atoms with Gasteiger partial charge in [0.05, 0.1) is 31.2 Å². The Hall–Kier alpha value is -3.65. The molecular formula is C26H25N3O4S. The molecule has 0 unspecified atom stereocenters. The van der Waals surface area contributed by atoms with E-state index in [-0.39, 0.29) is 23.9 Å². The maximum atomic E-state index is 13.5. The van der Waals surface area contributed by atoms with Crippen LogP contribution < -0.4 is 15.0 Å². The second-order valence-corrected chi connectivity index (χ2v) is 9.17. The Morgan fingerprint density at radius 1 is 1.15 bits per heavy atom. The van der Waals surface area contributed by atoms with E-state index in [9.17, 15) is 9.59 Å². The first-order valence-corrected chi connectivity index (χ1v) is 12.0. The Labute approximate surface area is 201 Å². The molecule has 0 radical (unpaired) electrons. The molecular weight excluding hydrogens is 450 g/mol. The molecule has 5 rings (SSSR count). The van der Waals surface area contributed by atoms with Crippen LogP contribution in [0, 0.1) is 0 Å². The highest BCUT2D eigenvalue weighted by Crippen LogP contribution is 2.42. The van der Waals surface area contributed by atoms with Gasteiger partial charge < -0.3 is 19.4 Å². The summed E-state index contributed by atoms with van der Waals surface area (Å²) in [5.41, 5.74) is 2.66. The van der Waals surface area contributed by atoms with E-state index in [1.807, 2.05) is 46.7 Å². The summed E-state index contributed by atoms with van der Waals surface area (Å²) in [6.45, 7) is 0.603. The molecule has 2 aromatic carbocycles. The number of rotatable bonds is 6. The van der Waals surface area contributed by atoms with Gasteiger partial charge in [-0.3, -0.25) is 9.59 Å². The predicted octanol–water partition coefficient (Wildman–Crippen LogP) is 4.11. The zero-order chi connectivity index (χ0) is 23.7. The van der Waals surface area contributed by atoms with E-state index in [0.29, 0.717) is 41.2 Å². The fourth-order valence-electron chi connectivity index (χ4n) is 4.59. The molecule has 1 amide bonds. The first-order valence-electron chi connectivity index (χ1n) is 11.1. The third kappa shape index (κ3) is 4.05. The summed E-state index contributed by atoms with van der Waals surface area (Å²) in [6.07, 6.45) is 1.35. The lowest BCUT2D eigenvalue weighted by Crippen LogP contribution is -2.40. The zero-order valence-corrected chi connectivity index (χ0v) is 19.9. The Morgan fingerprint density at radius 2 is 1.94 bits per heavy atom. The summed E-state index contributed by atoms with van der Waals surface area (Å²) in [4.78, 5) is 36.3. The van der Waals surface area contributed by atoms with Crippen molar-refractivity contribution in [2.45, 2.75) is 25.3 Å². The first-order chi connectivity index (χ1) is 16.6. The number of hydrogen-bond donors (Lipinski definition) is 1. The third-order valence-corrected chi connectivity index (χ3v) is 7.17. The number of hydrogen-bond acceptors (Lipinski definition) is 6. The molecule has 34 heavy (non-hydrogen) atoms. The van der Waals surface area contributed by atoms with Crippen molar-refractivity contribution >= 4 is 28.1 Å². The van der Waals surface area contributed by atoms with Crippen molar-refractivity contribution in [3.05, 3.63) is 86.1 Å². The van der Waals surface area contributed by atoms with Crippen LogP contribution in [0.4, 0.5) is 0 Å². The smallest absolute Gasteiger partial charge is 0.258 e. The van der Waals surface area contributed by atoms with Crippen LogP contribution in [0.3, 0.4) is 0 Å². The van der Waals surface area contributed by atoms with E-state index < -0.39 is 0 Å². The van der Waals surface area contributed by atoms with E-state index in [4.69, 9.17) is 9.47 Å². The summed E-state index contributed by atoms with van der Waals surface area (Å²) in [6, 6.07) is 15.1. The number of benzene rings is 2. The van der Waals surface area contributed by atoms with Gasteiger partial charge >= 0.3 is 0 Å². The number of para-hydroxylation sites is 1. The number of methoxy groups -OCH3 is 2. The number of nitrogens with one attached hydrogen (secondary N) is 1. The van der Waals surface area contributed by atoms with Crippen molar-refractivity contribution in [3.8, 4) is 11.5 Å². The van der Waals surface area contributed by atoms with E-state index in [2.05, 4.69) is 16.0 Å². The molecule has 1 N–H and O–H groups in total. The number of fused-ring (bicyclic) bond motifs is 2. The first kappa shape index (κ1) is 22.2. The van der Waals surface area contributed by atoms with Crippen molar-refractivity contribution in [2.75, 3.05) is 20.8 Å². The molecule has 174 valence electrons. The Balaban J connectivity index is 1.44. The number of carbonyl (C=O) groups excluding carboxylic acids is 1. The van der Waals surface area contributed by atoms with Gasteiger partial charge in [-0.15, -0.1) is 11.3 Å². The lowest BCUT2D eigenvalue weighted by atomic mass is 9.90. The SMILES string of the molecule is COc1cc2c(cc1OC)[C@@H](c1cccs1)N(C(=O)CCc1nc3ccccc3c(=O)[nH]1)CC2. The fourth-order valence-corrected chi connectivity index (χ4v) is 5.44. The van der Waals surface area contributed by atoms with Gasteiger partial charge in [0.2, 0.25) is 5.91 Å². The number of aromatic amines is 1. The van der Waals surface area contributed by atoms with Crippen LogP contribution in [0.15, 0.2) is 58.7 Å². The average molecular weight is 476 g/mol. The molecule has 0 bridgehead atoms. The maximum Gasteiger partial charge on any atom is 0.258 e. The molecule has 2 aromatic heterocycles. The fraction of sp³-hybridized carbons (Fsp3) is 0.269. The van der Waals surface area contributed by atoms with Crippen molar-refractivity contribution < 1.29 is 14.3 Å². The molecule has 0 fully saturated rings. The summed E-state index contributed by atoms with van der Waals surface area (Å²) in [5, 5.41) is 2.57. The molecule has 1 atom stereocenters. The Kier molecular flexibility index (Phi) is 6.06. The third-order valence-electron chi connectivity index (χ3n) is 6.24. The van der Waals surface area contributed by atoms with Gasteiger partial charge in [0.25, 0.3) is 5.56 Å².